The molecular weight excluding hydrogens is 443 g/mol. The van der Waals surface area contributed by atoms with Gasteiger partial charge in [0.2, 0.25) is 0 Å². The Balaban J connectivity index is 1.43. The smallest absolute Gasteiger partial charge is 0.410 e. The second kappa shape index (κ2) is 10.4. The van der Waals surface area contributed by atoms with Crippen LogP contribution < -0.4 is 4.74 Å². The van der Waals surface area contributed by atoms with Crippen LogP contribution in [-0.2, 0) is 23.2 Å². The van der Waals surface area contributed by atoms with Gasteiger partial charge in [0.25, 0.3) is 5.95 Å². The predicted octanol–water partition coefficient (Wildman–Crippen LogP) is 4.15. The SMILES string of the molecule is CN(C(=O)OCc1c(-c2ccc(O[C@H]3CCC[C@H](C(=O)O)C3)c(F)n2)cnn1C)C1CCCC1. The van der Waals surface area contributed by atoms with E-state index < -0.39 is 23.9 Å². The van der Waals surface area contributed by atoms with Crippen LogP contribution in [0.1, 0.15) is 57.1 Å². The number of carboxylic acid groups (broad SMARTS) is 1. The van der Waals surface area contributed by atoms with Crippen molar-refractivity contribution in [3.63, 3.8) is 0 Å². The fourth-order valence-corrected chi connectivity index (χ4v) is 4.84. The molecule has 0 unspecified atom stereocenters. The highest BCUT2D eigenvalue weighted by atomic mass is 19.1. The molecule has 34 heavy (non-hydrogen) atoms. The number of halogens is 1. The highest BCUT2D eigenvalue weighted by Gasteiger charge is 2.29. The maximum atomic E-state index is 14.8. The summed E-state index contributed by atoms with van der Waals surface area (Å²) in [5.41, 5.74) is 1.51. The first-order valence-electron chi connectivity index (χ1n) is 11.8. The Morgan fingerprint density at radius 2 is 1.97 bits per heavy atom. The van der Waals surface area contributed by atoms with E-state index >= 15 is 0 Å². The van der Waals surface area contributed by atoms with Gasteiger partial charge in [-0.3, -0.25) is 9.48 Å². The number of carboxylic acids is 1. The summed E-state index contributed by atoms with van der Waals surface area (Å²) in [5, 5.41) is 13.5. The van der Waals surface area contributed by atoms with Crippen LogP contribution in [0, 0.1) is 11.9 Å². The van der Waals surface area contributed by atoms with Gasteiger partial charge in [0.05, 0.1) is 29.6 Å². The van der Waals surface area contributed by atoms with Crippen LogP contribution in [0.5, 0.6) is 5.75 Å². The highest BCUT2D eigenvalue weighted by molar-refractivity contribution is 5.70. The zero-order chi connectivity index (χ0) is 24.2. The lowest BCUT2D eigenvalue weighted by atomic mass is 9.87. The number of aliphatic carboxylic acids is 1. The molecule has 0 aliphatic heterocycles. The Morgan fingerprint density at radius 3 is 2.68 bits per heavy atom. The van der Waals surface area contributed by atoms with E-state index in [4.69, 9.17) is 9.47 Å². The molecule has 4 rings (SSSR count). The molecule has 0 saturated heterocycles. The van der Waals surface area contributed by atoms with Gasteiger partial charge < -0.3 is 19.5 Å². The summed E-state index contributed by atoms with van der Waals surface area (Å²) in [4.78, 5) is 29.4. The molecule has 0 radical (unpaired) electrons. The third-order valence-electron chi connectivity index (χ3n) is 6.91. The third-order valence-corrected chi connectivity index (χ3v) is 6.91. The second-order valence-electron chi connectivity index (χ2n) is 9.16. The van der Waals surface area contributed by atoms with Crippen molar-refractivity contribution in [1.29, 1.82) is 0 Å². The molecular formula is C24H31FN4O5. The quantitative estimate of drug-likeness (QED) is 0.601. The summed E-state index contributed by atoms with van der Waals surface area (Å²) >= 11 is 0. The molecule has 2 aliphatic rings. The largest absolute Gasteiger partial charge is 0.486 e. The van der Waals surface area contributed by atoms with Crippen LogP contribution in [0.4, 0.5) is 9.18 Å². The first-order valence-corrected chi connectivity index (χ1v) is 11.8. The number of rotatable bonds is 7. The predicted molar refractivity (Wildman–Crippen MR) is 121 cm³/mol. The van der Waals surface area contributed by atoms with Gasteiger partial charge in [-0.15, -0.1) is 0 Å². The second-order valence-corrected chi connectivity index (χ2v) is 9.16. The summed E-state index contributed by atoms with van der Waals surface area (Å²) in [6.45, 7) is -0.0120. The number of hydrogen-bond acceptors (Lipinski definition) is 6. The molecule has 1 amide bonds. The molecule has 1 N–H and O–H groups in total. The molecule has 0 bridgehead atoms. The summed E-state index contributed by atoms with van der Waals surface area (Å²) in [5.74, 6) is -2.10. The normalized spacial score (nSPS) is 20.8. The van der Waals surface area contributed by atoms with E-state index in [1.165, 1.54) is 6.07 Å². The van der Waals surface area contributed by atoms with E-state index in [1.807, 2.05) is 0 Å². The summed E-state index contributed by atoms with van der Waals surface area (Å²) in [6, 6.07) is 3.33. The van der Waals surface area contributed by atoms with E-state index in [0.29, 0.717) is 36.2 Å². The number of carbonyl (C=O) groups is 2. The van der Waals surface area contributed by atoms with Gasteiger partial charge in [-0.1, -0.05) is 12.8 Å². The van der Waals surface area contributed by atoms with Gasteiger partial charge in [0.15, 0.2) is 5.75 Å². The van der Waals surface area contributed by atoms with E-state index in [1.54, 1.807) is 35.9 Å². The fraction of sp³-hybridized carbons (Fsp3) is 0.583. The number of pyridine rings is 1. The van der Waals surface area contributed by atoms with Crippen LogP contribution in [0.15, 0.2) is 18.3 Å². The van der Waals surface area contributed by atoms with Crippen LogP contribution >= 0.6 is 0 Å². The average molecular weight is 475 g/mol. The maximum Gasteiger partial charge on any atom is 0.410 e. The van der Waals surface area contributed by atoms with Gasteiger partial charge in [0.1, 0.15) is 6.61 Å². The van der Waals surface area contributed by atoms with Gasteiger partial charge in [0, 0.05) is 25.7 Å². The van der Waals surface area contributed by atoms with E-state index in [-0.39, 0.29) is 24.5 Å². The standard InChI is InChI=1S/C24H31FN4O5/c1-28(16-7-3-4-8-16)24(32)33-14-20-18(13-26-29(20)2)19-10-11-21(22(25)27-19)34-17-9-5-6-15(12-17)23(30)31/h10-11,13,15-17H,3-9,12,14H2,1-2H3,(H,30,31)/t15-,17-/m0/s1. The molecule has 2 aliphatic carbocycles. The Bertz CT molecular complexity index is 1040. The van der Waals surface area contributed by atoms with Gasteiger partial charge in [-0.25, -0.2) is 9.78 Å². The number of amides is 1. The number of nitrogens with zero attached hydrogens (tertiary/aromatic N) is 4. The minimum Gasteiger partial charge on any atom is -0.486 e. The zero-order valence-corrected chi connectivity index (χ0v) is 19.6. The molecule has 2 fully saturated rings. The molecule has 2 atom stereocenters. The van der Waals surface area contributed by atoms with E-state index in [2.05, 4.69) is 10.1 Å². The lowest BCUT2D eigenvalue weighted by Crippen LogP contribution is -2.35. The summed E-state index contributed by atoms with van der Waals surface area (Å²) in [7, 11) is 3.48. The lowest BCUT2D eigenvalue weighted by molar-refractivity contribution is -0.143. The number of aromatic nitrogens is 3. The minimum atomic E-state index is -0.846. The van der Waals surface area contributed by atoms with Crippen molar-refractivity contribution in [2.24, 2.45) is 13.0 Å². The molecule has 9 nitrogen and oxygen atoms in total. The molecule has 2 saturated carbocycles. The Labute approximate surface area is 197 Å². The topological polar surface area (TPSA) is 107 Å². The van der Waals surface area contributed by atoms with Crippen LogP contribution in [0.3, 0.4) is 0 Å². The van der Waals surface area contributed by atoms with E-state index in [0.717, 1.165) is 32.1 Å². The van der Waals surface area contributed by atoms with Gasteiger partial charge in [-0.05, 0) is 50.7 Å². The Hall–Kier alpha value is -3.17. The number of aryl methyl sites for hydroxylation is 1. The van der Waals surface area contributed by atoms with Crippen molar-refractivity contribution in [2.45, 2.75) is 70.1 Å². The maximum absolute atomic E-state index is 14.8. The monoisotopic (exact) mass is 474 g/mol. The Kier molecular flexibility index (Phi) is 7.33. The van der Waals surface area contributed by atoms with Crippen molar-refractivity contribution >= 4 is 12.1 Å². The number of carbonyl (C=O) groups excluding carboxylic acids is 1. The molecule has 2 heterocycles. The molecule has 0 aromatic carbocycles. The van der Waals surface area contributed by atoms with Crippen molar-refractivity contribution < 1.29 is 28.6 Å². The summed E-state index contributed by atoms with van der Waals surface area (Å²) < 4.78 is 27.7. The first kappa shape index (κ1) is 24.0. The van der Waals surface area contributed by atoms with E-state index in [9.17, 15) is 19.1 Å². The van der Waals surface area contributed by atoms with Crippen LogP contribution in [0.2, 0.25) is 0 Å². The lowest BCUT2D eigenvalue weighted by Gasteiger charge is -2.27. The third kappa shape index (κ3) is 5.31. The first-order chi connectivity index (χ1) is 16.3. The summed E-state index contributed by atoms with van der Waals surface area (Å²) in [6.07, 6.45) is 7.37. The highest BCUT2D eigenvalue weighted by Crippen LogP contribution is 2.31. The Morgan fingerprint density at radius 1 is 1.21 bits per heavy atom. The molecule has 2 aromatic rings. The van der Waals surface area contributed by atoms with Gasteiger partial charge >= 0.3 is 12.1 Å². The van der Waals surface area contributed by atoms with Crippen molar-refractivity contribution in [2.75, 3.05) is 7.05 Å². The number of hydrogen-bond donors (Lipinski definition) is 1. The van der Waals surface area contributed by atoms with Crippen molar-refractivity contribution in [1.82, 2.24) is 19.7 Å². The van der Waals surface area contributed by atoms with Gasteiger partial charge in [-0.2, -0.15) is 9.49 Å². The fourth-order valence-electron chi connectivity index (χ4n) is 4.84. The molecule has 184 valence electrons. The van der Waals surface area contributed by atoms with Crippen molar-refractivity contribution in [3.05, 3.63) is 30.0 Å². The molecule has 10 heteroatoms. The van der Waals surface area contributed by atoms with Crippen LogP contribution in [-0.4, -0.2) is 56.0 Å². The average Bonchev–Trinajstić information content (AvgIpc) is 3.48. The zero-order valence-electron chi connectivity index (χ0n) is 19.6. The minimum absolute atomic E-state index is 0.00477. The van der Waals surface area contributed by atoms with Crippen LogP contribution in [0.25, 0.3) is 11.3 Å². The van der Waals surface area contributed by atoms with Crippen molar-refractivity contribution in [3.8, 4) is 17.0 Å². The molecule has 2 aromatic heterocycles. The number of ether oxygens (including phenoxy) is 2. The molecule has 0 spiro atoms.